The van der Waals surface area contributed by atoms with Crippen LogP contribution >= 0.6 is 0 Å². The summed E-state index contributed by atoms with van der Waals surface area (Å²) in [6.07, 6.45) is 0. The Balaban J connectivity index is 2.15. The molecule has 0 aliphatic carbocycles. The van der Waals surface area contributed by atoms with Crippen molar-refractivity contribution in [3.63, 3.8) is 0 Å². The molecule has 2 rings (SSSR count). The van der Waals surface area contributed by atoms with Gasteiger partial charge in [0.05, 0.1) is 13.2 Å². The first-order chi connectivity index (χ1) is 7.81. The van der Waals surface area contributed by atoms with Crippen LogP contribution in [0.5, 0.6) is 5.75 Å². The molecule has 1 heterocycles. The van der Waals surface area contributed by atoms with Crippen molar-refractivity contribution in [1.29, 1.82) is 5.26 Å². The highest BCUT2D eigenvalue weighted by Gasteiger charge is 2.25. The molecule has 4 heteroatoms. The molecular weight excluding hydrogens is 204 g/mol. The van der Waals surface area contributed by atoms with E-state index in [9.17, 15) is 10.4 Å². The van der Waals surface area contributed by atoms with E-state index in [2.05, 4.69) is 6.07 Å². The second kappa shape index (κ2) is 4.97. The van der Waals surface area contributed by atoms with Gasteiger partial charge in [0.15, 0.2) is 0 Å². The predicted molar refractivity (Wildman–Crippen MR) is 58.0 cm³/mol. The molecular formula is C12H15N2O2+. The Bertz CT molecular complexity index is 377. The van der Waals surface area contributed by atoms with Gasteiger partial charge in [0, 0.05) is 5.56 Å². The fourth-order valence-corrected chi connectivity index (χ4v) is 1.99. The second-order valence-electron chi connectivity index (χ2n) is 3.92. The van der Waals surface area contributed by atoms with Crippen molar-refractivity contribution >= 4 is 0 Å². The Hall–Kier alpha value is -1.57. The highest BCUT2D eigenvalue weighted by Crippen LogP contribution is 2.14. The van der Waals surface area contributed by atoms with E-state index in [-0.39, 0.29) is 11.8 Å². The monoisotopic (exact) mass is 219 g/mol. The van der Waals surface area contributed by atoms with Gasteiger partial charge in [-0.2, -0.15) is 5.26 Å². The van der Waals surface area contributed by atoms with Crippen molar-refractivity contribution in [2.45, 2.75) is 6.04 Å². The third kappa shape index (κ3) is 2.32. The number of aromatic hydroxyl groups is 1. The number of nitrogens with one attached hydrogen (secondary N) is 1. The molecule has 1 aliphatic rings. The Morgan fingerprint density at radius 1 is 1.25 bits per heavy atom. The van der Waals surface area contributed by atoms with Crippen LogP contribution in [0.15, 0.2) is 24.3 Å². The number of quaternary nitrogens is 1. The molecule has 0 aromatic heterocycles. The van der Waals surface area contributed by atoms with Crippen LogP contribution < -0.4 is 4.90 Å². The summed E-state index contributed by atoms with van der Waals surface area (Å²) in [7, 11) is 0. The predicted octanol–water partition coefficient (Wildman–Crippen LogP) is -0.128. The molecule has 1 atom stereocenters. The van der Waals surface area contributed by atoms with Crippen LogP contribution in [-0.4, -0.2) is 31.4 Å². The molecule has 84 valence electrons. The van der Waals surface area contributed by atoms with E-state index in [1.54, 1.807) is 12.1 Å². The summed E-state index contributed by atoms with van der Waals surface area (Å²) in [5.74, 6) is 0.234. The number of hydrogen-bond donors (Lipinski definition) is 2. The van der Waals surface area contributed by atoms with E-state index in [4.69, 9.17) is 4.74 Å². The number of ether oxygens (including phenoxy) is 1. The summed E-state index contributed by atoms with van der Waals surface area (Å²) in [6, 6.07) is 9.04. The van der Waals surface area contributed by atoms with Crippen LogP contribution in [-0.2, 0) is 4.74 Å². The first-order valence-electron chi connectivity index (χ1n) is 5.42. The first kappa shape index (κ1) is 10.9. The quantitative estimate of drug-likeness (QED) is 0.728. The van der Waals surface area contributed by atoms with Crippen LogP contribution in [0.4, 0.5) is 0 Å². The molecule has 0 saturated carbocycles. The lowest BCUT2D eigenvalue weighted by atomic mass is 10.1. The van der Waals surface area contributed by atoms with Gasteiger partial charge in [0.25, 0.3) is 0 Å². The van der Waals surface area contributed by atoms with Gasteiger partial charge in [-0.05, 0) is 24.3 Å². The maximum atomic E-state index is 9.23. The molecule has 1 aliphatic heterocycles. The number of nitrogens with zero attached hydrogens (tertiary/aromatic N) is 1. The summed E-state index contributed by atoms with van der Waals surface area (Å²) in [4.78, 5) is 1.24. The third-order valence-corrected chi connectivity index (χ3v) is 2.90. The smallest absolute Gasteiger partial charge is 0.200 e. The second-order valence-corrected chi connectivity index (χ2v) is 3.92. The van der Waals surface area contributed by atoms with Crippen molar-refractivity contribution in [3.05, 3.63) is 29.8 Å². The maximum Gasteiger partial charge on any atom is 0.200 e. The SMILES string of the molecule is N#CC(c1ccc(O)cc1)[NH+]1CCOCC1. The standard InChI is InChI=1S/C12H14N2O2/c13-9-12(14-5-7-16-8-6-14)10-1-3-11(15)4-2-10/h1-4,12,15H,5-8H2/p+1. The minimum absolute atomic E-state index is 0.163. The van der Waals surface area contributed by atoms with Gasteiger partial charge in [0.2, 0.25) is 6.04 Å². The molecule has 0 bridgehead atoms. The first-order valence-corrected chi connectivity index (χ1v) is 5.42. The molecule has 1 fully saturated rings. The molecule has 0 spiro atoms. The van der Waals surface area contributed by atoms with Gasteiger partial charge < -0.3 is 14.7 Å². The van der Waals surface area contributed by atoms with Crippen LogP contribution in [0, 0.1) is 11.3 Å². The van der Waals surface area contributed by atoms with Gasteiger partial charge in [0.1, 0.15) is 24.9 Å². The molecule has 2 N–H and O–H groups in total. The normalized spacial score (nSPS) is 18.9. The van der Waals surface area contributed by atoms with Gasteiger partial charge in [-0.15, -0.1) is 0 Å². The minimum atomic E-state index is -0.163. The topological polar surface area (TPSA) is 57.7 Å². The van der Waals surface area contributed by atoms with E-state index >= 15 is 0 Å². The van der Waals surface area contributed by atoms with Crippen molar-refractivity contribution in [1.82, 2.24) is 0 Å². The fourth-order valence-electron chi connectivity index (χ4n) is 1.99. The lowest BCUT2D eigenvalue weighted by molar-refractivity contribution is -0.930. The Labute approximate surface area is 94.7 Å². The Morgan fingerprint density at radius 2 is 1.88 bits per heavy atom. The van der Waals surface area contributed by atoms with Crippen molar-refractivity contribution < 1.29 is 14.7 Å². The summed E-state index contributed by atoms with van der Waals surface area (Å²) in [6.45, 7) is 3.15. The number of phenols is 1. The average molecular weight is 219 g/mol. The summed E-state index contributed by atoms with van der Waals surface area (Å²) >= 11 is 0. The van der Waals surface area contributed by atoms with Crippen molar-refractivity contribution in [2.75, 3.05) is 26.3 Å². The molecule has 1 saturated heterocycles. The lowest BCUT2D eigenvalue weighted by Gasteiger charge is -2.27. The number of phenolic OH excluding ortho intramolecular Hbond substituents is 1. The van der Waals surface area contributed by atoms with E-state index < -0.39 is 0 Å². The van der Waals surface area contributed by atoms with E-state index in [1.807, 2.05) is 12.1 Å². The van der Waals surface area contributed by atoms with Crippen LogP contribution in [0.25, 0.3) is 0 Å². The zero-order valence-corrected chi connectivity index (χ0v) is 9.02. The Morgan fingerprint density at radius 3 is 2.44 bits per heavy atom. The third-order valence-electron chi connectivity index (χ3n) is 2.90. The van der Waals surface area contributed by atoms with Gasteiger partial charge in [-0.3, -0.25) is 0 Å². The van der Waals surface area contributed by atoms with Crippen LogP contribution in [0.3, 0.4) is 0 Å². The zero-order valence-electron chi connectivity index (χ0n) is 9.02. The highest BCUT2D eigenvalue weighted by molar-refractivity contribution is 5.29. The molecule has 0 radical (unpaired) electrons. The molecule has 1 aromatic carbocycles. The lowest BCUT2D eigenvalue weighted by Crippen LogP contribution is -3.14. The fraction of sp³-hybridized carbons (Fsp3) is 0.417. The minimum Gasteiger partial charge on any atom is -0.508 e. The highest BCUT2D eigenvalue weighted by atomic mass is 16.5. The largest absolute Gasteiger partial charge is 0.508 e. The molecule has 4 nitrogen and oxygen atoms in total. The van der Waals surface area contributed by atoms with Gasteiger partial charge >= 0.3 is 0 Å². The van der Waals surface area contributed by atoms with E-state index in [0.717, 1.165) is 18.7 Å². The zero-order chi connectivity index (χ0) is 11.4. The maximum absolute atomic E-state index is 9.23. The van der Waals surface area contributed by atoms with Crippen LogP contribution in [0.2, 0.25) is 0 Å². The number of morpholine rings is 1. The summed E-state index contributed by atoms with van der Waals surface area (Å²) in [5.41, 5.74) is 0.956. The Kier molecular flexibility index (Phi) is 3.40. The number of nitriles is 1. The van der Waals surface area contributed by atoms with Crippen molar-refractivity contribution in [3.8, 4) is 11.8 Å². The average Bonchev–Trinajstić information content (AvgIpc) is 2.34. The summed E-state index contributed by atoms with van der Waals surface area (Å²) < 4.78 is 5.28. The molecule has 1 unspecified atom stereocenters. The molecule has 1 aromatic rings. The van der Waals surface area contributed by atoms with Crippen molar-refractivity contribution in [2.24, 2.45) is 0 Å². The van der Waals surface area contributed by atoms with Crippen LogP contribution in [0.1, 0.15) is 11.6 Å². The molecule has 16 heavy (non-hydrogen) atoms. The van der Waals surface area contributed by atoms with Gasteiger partial charge in [-0.25, -0.2) is 0 Å². The number of hydrogen-bond acceptors (Lipinski definition) is 3. The summed E-state index contributed by atoms with van der Waals surface area (Å²) in [5, 5.41) is 18.4. The number of rotatable bonds is 2. The van der Waals surface area contributed by atoms with E-state index in [0.29, 0.717) is 13.2 Å². The van der Waals surface area contributed by atoms with E-state index in [1.165, 1.54) is 4.90 Å². The number of benzene rings is 1. The van der Waals surface area contributed by atoms with Gasteiger partial charge in [-0.1, -0.05) is 0 Å². The molecule has 0 amide bonds.